The lowest BCUT2D eigenvalue weighted by Crippen LogP contribution is -2.46. The Morgan fingerprint density at radius 3 is 2.73 bits per heavy atom. The van der Waals surface area contributed by atoms with Gasteiger partial charge in [0.15, 0.2) is 0 Å². The smallest absolute Gasteiger partial charge is 0.266 e. The quantitative estimate of drug-likeness (QED) is 0.503. The van der Waals surface area contributed by atoms with Crippen LogP contribution in [-0.4, -0.2) is 42.0 Å². The number of anilines is 1. The molecule has 0 saturated carbocycles. The second kappa shape index (κ2) is 7.69. The van der Waals surface area contributed by atoms with Gasteiger partial charge < -0.3 is 5.32 Å². The number of pyridine rings is 1. The minimum Gasteiger partial charge on any atom is -0.354 e. The van der Waals surface area contributed by atoms with Crippen LogP contribution in [0.3, 0.4) is 0 Å². The molecule has 1 aromatic heterocycles. The van der Waals surface area contributed by atoms with E-state index in [4.69, 9.17) is 0 Å². The zero-order chi connectivity index (χ0) is 18.5. The van der Waals surface area contributed by atoms with Crippen molar-refractivity contribution >= 4 is 29.8 Å². The molecule has 0 fully saturated rings. The van der Waals surface area contributed by atoms with Crippen molar-refractivity contribution in [3.05, 3.63) is 59.8 Å². The van der Waals surface area contributed by atoms with Crippen molar-refractivity contribution in [2.24, 2.45) is 4.99 Å². The fourth-order valence-corrected chi connectivity index (χ4v) is 2.78. The number of carbonyl (C=O) groups excluding carboxylic acids is 3. The third-order valence-electron chi connectivity index (χ3n) is 3.96. The van der Waals surface area contributed by atoms with Crippen LogP contribution in [0.1, 0.15) is 28.8 Å². The highest BCUT2D eigenvalue weighted by atomic mass is 16.2. The van der Waals surface area contributed by atoms with Crippen molar-refractivity contribution in [2.75, 3.05) is 18.0 Å². The van der Waals surface area contributed by atoms with E-state index < -0.39 is 17.7 Å². The Bertz CT molecular complexity index is 864. The van der Waals surface area contributed by atoms with Crippen LogP contribution in [0.4, 0.5) is 5.82 Å². The molecule has 1 aliphatic rings. The lowest BCUT2D eigenvalue weighted by Gasteiger charge is -2.30. The number of nitrogens with one attached hydrogen (secondary N) is 1. The summed E-state index contributed by atoms with van der Waals surface area (Å²) in [4.78, 5) is 46.1. The first kappa shape index (κ1) is 17.5. The van der Waals surface area contributed by atoms with Gasteiger partial charge in [-0.3, -0.25) is 19.4 Å². The van der Waals surface area contributed by atoms with Gasteiger partial charge in [-0.15, -0.1) is 0 Å². The first-order valence-electron chi connectivity index (χ1n) is 8.22. The number of aliphatic imine (C=N–C) groups is 1. The zero-order valence-electron chi connectivity index (χ0n) is 14.3. The standard InChI is InChI=1S/C19H18N4O3/c1-13(24)21-11-10-20-12-16-14-6-2-3-7-15(14)18(25)23(19(16)26)17-8-4-5-9-22-17/h2-9,12,16H,10-11H2,1H3,(H,21,24). The molecular formula is C19H18N4O3. The van der Waals surface area contributed by atoms with Gasteiger partial charge >= 0.3 is 0 Å². The number of rotatable bonds is 5. The summed E-state index contributed by atoms with van der Waals surface area (Å²) in [7, 11) is 0. The maximum atomic E-state index is 13.0. The Morgan fingerprint density at radius 1 is 1.23 bits per heavy atom. The lowest BCUT2D eigenvalue weighted by atomic mass is 9.89. The highest BCUT2D eigenvalue weighted by Gasteiger charge is 2.39. The predicted octanol–water partition coefficient (Wildman–Crippen LogP) is 1.56. The number of benzene rings is 1. The van der Waals surface area contributed by atoms with Gasteiger partial charge in [0.05, 0.1) is 12.5 Å². The summed E-state index contributed by atoms with van der Waals surface area (Å²) < 4.78 is 0. The first-order valence-corrected chi connectivity index (χ1v) is 8.22. The van der Waals surface area contributed by atoms with E-state index in [0.717, 1.165) is 4.90 Å². The number of hydrogen-bond acceptors (Lipinski definition) is 5. The fourth-order valence-electron chi connectivity index (χ4n) is 2.78. The molecule has 7 heteroatoms. The van der Waals surface area contributed by atoms with Gasteiger partial charge in [0.25, 0.3) is 5.91 Å². The molecule has 0 spiro atoms. The highest BCUT2D eigenvalue weighted by molar-refractivity contribution is 6.28. The van der Waals surface area contributed by atoms with Crippen molar-refractivity contribution in [1.29, 1.82) is 0 Å². The topological polar surface area (TPSA) is 91.7 Å². The SMILES string of the molecule is CC(=O)NCCN=CC1C(=O)N(c2ccccn2)C(=O)c2ccccc21. The molecule has 2 aromatic rings. The van der Waals surface area contributed by atoms with Gasteiger partial charge in [-0.05, 0) is 23.8 Å². The summed E-state index contributed by atoms with van der Waals surface area (Å²) in [6.07, 6.45) is 3.07. The third-order valence-corrected chi connectivity index (χ3v) is 3.96. The summed E-state index contributed by atoms with van der Waals surface area (Å²) in [6, 6.07) is 12.1. The molecule has 7 nitrogen and oxygen atoms in total. The van der Waals surface area contributed by atoms with E-state index in [1.165, 1.54) is 19.3 Å². The second-order valence-corrected chi connectivity index (χ2v) is 5.77. The summed E-state index contributed by atoms with van der Waals surface area (Å²) in [5.41, 5.74) is 1.08. The van der Waals surface area contributed by atoms with Crippen LogP contribution in [0.5, 0.6) is 0 Å². The van der Waals surface area contributed by atoms with E-state index in [0.29, 0.717) is 24.2 Å². The number of imide groups is 1. The zero-order valence-corrected chi connectivity index (χ0v) is 14.3. The number of amides is 3. The van der Waals surface area contributed by atoms with Crippen LogP contribution < -0.4 is 10.2 Å². The largest absolute Gasteiger partial charge is 0.354 e. The third kappa shape index (κ3) is 3.51. The molecule has 26 heavy (non-hydrogen) atoms. The minimum atomic E-state index is -0.678. The van der Waals surface area contributed by atoms with Crippen molar-refractivity contribution < 1.29 is 14.4 Å². The van der Waals surface area contributed by atoms with E-state index in [9.17, 15) is 14.4 Å². The minimum absolute atomic E-state index is 0.133. The molecule has 3 amide bonds. The molecule has 2 heterocycles. The highest BCUT2D eigenvalue weighted by Crippen LogP contribution is 2.30. The van der Waals surface area contributed by atoms with Gasteiger partial charge in [-0.2, -0.15) is 0 Å². The second-order valence-electron chi connectivity index (χ2n) is 5.77. The van der Waals surface area contributed by atoms with Gasteiger partial charge in [0, 0.05) is 31.4 Å². The van der Waals surface area contributed by atoms with Crippen LogP contribution in [0.25, 0.3) is 0 Å². The Balaban J connectivity index is 1.91. The van der Waals surface area contributed by atoms with E-state index in [1.807, 2.05) is 0 Å². The van der Waals surface area contributed by atoms with Crippen molar-refractivity contribution in [1.82, 2.24) is 10.3 Å². The van der Waals surface area contributed by atoms with Crippen LogP contribution >= 0.6 is 0 Å². The molecule has 3 rings (SSSR count). The van der Waals surface area contributed by atoms with E-state index in [1.54, 1.807) is 42.5 Å². The molecule has 0 saturated heterocycles. The van der Waals surface area contributed by atoms with Crippen LogP contribution in [0, 0.1) is 0 Å². The lowest BCUT2D eigenvalue weighted by molar-refractivity contribution is -0.119. The van der Waals surface area contributed by atoms with Crippen molar-refractivity contribution in [2.45, 2.75) is 12.8 Å². The number of aromatic nitrogens is 1. The van der Waals surface area contributed by atoms with Gasteiger partial charge in [-0.25, -0.2) is 9.88 Å². The van der Waals surface area contributed by atoms with Crippen LogP contribution in [-0.2, 0) is 9.59 Å². The van der Waals surface area contributed by atoms with Crippen LogP contribution in [0.2, 0.25) is 0 Å². The summed E-state index contributed by atoms with van der Waals surface area (Å²) >= 11 is 0. The molecule has 1 N–H and O–H groups in total. The average molecular weight is 350 g/mol. The van der Waals surface area contributed by atoms with Gasteiger partial charge in [-0.1, -0.05) is 24.3 Å². The first-order chi connectivity index (χ1) is 12.6. The fraction of sp³-hybridized carbons (Fsp3) is 0.211. The van der Waals surface area contributed by atoms with E-state index >= 15 is 0 Å². The number of nitrogens with zero attached hydrogens (tertiary/aromatic N) is 3. The van der Waals surface area contributed by atoms with Gasteiger partial charge in [0.2, 0.25) is 11.8 Å². The predicted molar refractivity (Wildman–Crippen MR) is 97.3 cm³/mol. The molecule has 1 unspecified atom stereocenters. The van der Waals surface area contributed by atoms with Crippen molar-refractivity contribution in [3.63, 3.8) is 0 Å². The summed E-state index contributed by atoms with van der Waals surface area (Å²) in [6.45, 7) is 2.17. The normalized spacial score (nSPS) is 16.7. The summed E-state index contributed by atoms with van der Waals surface area (Å²) in [5, 5.41) is 2.64. The Morgan fingerprint density at radius 2 is 2.00 bits per heavy atom. The molecule has 1 aromatic carbocycles. The van der Waals surface area contributed by atoms with E-state index in [2.05, 4.69) is 15.3 Å². The van der Waals surface area contributed by atoms with Crippen LogP contribution in [0.15, 0.2) is 53.7 Å². The molecule has 0 aliphatic carbocycles. The molecule has 132 valence electrons. The Kier molecular flexibility index (Phi) is 5.17. The van der Waals surface area contributed by atoms with Crippen molar-refractivity contribution in [3.8, 4) is 0 Å². The average Bonchev–Trinajstić information content (AvgIpc) is 2.64. The number of hydrogen-bond donors (Lipinski definition) is 1. The Hall–Kier alpha value is -3.35. The van der Waals surface area contributed by atoms with E-state index in [-0.39, 0.29) is 11.7 Å². The maximum Gasteiger partial charge on any atom is 0.266 e. The van der Waals surface area contributed by atoms with Gasteiger partial charge in [0.1, 0.15) is 5.82 Å². The molecule has 1 aliphatic heterocycles. The summed E-state index contributed by atoms with van der Waals surface area (Å²) in [5.74, 6) is -1.31. The Labute approximate surface area is 150 Å². The molecular weight excluding hydrogens is 332 g/mol. The molecule has 0 bridgehead atoms. The molecule has 1 atom stereocenters. The molecule has 0 radical (unpaired) electrons. The monoisotopic (exact) mass is 350 g/mol. The number of fused-ring (bicyclic) bond motifs is 1. The maximum absolute atomic E-state index is 13.0. The number of carbonyl (C=O) groups is 3.